The van der Waals surface area contributed by atoms with E-state index in [2.05, 4.69) is 31.3 Å². The van der Waals surface area contributed by atoms with Crippen LogP contribution in [0, 0.1) is 0 Å². The maximum atomic E-state index is 5.70. The molecule has 0 heterocycles. The first kappa shape index (κ1) is 17.0. The van der Waals surface area contributed by atoms with Gasteiger partial charge in [-0.2, -0.15) is 0 Å². The normalized spacial score (nSPS) is 12.3. The van der Waals surface area contributed by atoms with Crippen molar-refractivity contribution in [3.05, 3.63) is 29.8 Å². The summed E-state index contributed by atoms with van der Waals surface area (Å²) in [6.45, 7) is 7.86. The van der Waals surface area contributed by atoms with Gasteiger partial charge in [0.2, 0.25) is 0 Å². The molecule has 0 bridgehead atoms. The molecular formula is C16H27NO3. The van der Waals surface area contributed by atoms with Crippen LogP contribution >= 0.6 is 0 Å². The molecule has 0 saturated carbocycles. The number of methoxy groups -OCH3 is 1. The minimum atomic E-state index is 0.342. The molecule has 0 amide bonds. The molecule has 1 rings (SSSR count). The lowest BCUT2D eigenvalue weighted by Crippen LogP contribution is -2.17. The van der Waals surface area contributed by atoms with Crippen molar-refractivity contribution in [2.24, 2.45) is 0 Å². The predicted octanol–water partition coefficient (Wildman–Crippen LogP) is 2.79. The fourth-order valence-electron chi connectivity index (χ4n) is 1.92. The number of ether oxygens (including phenoxy) is 3. The van der Waals surface area contributed by atoms with E-state index in [1.165, 1.54) is 5.56 Å². The first-order chi connectivity index (χ1) is 9.77. The summed E-state index contributed by atoms with van der Waals surface area (Å²) in [5.41, 5.74) is 1.24. The second-order valence-electron chi connectivity index (χ2n) is 4.66. The lowest BCUT2D eigenvalue weighted by atomic mass is 10.1. The van der Waals surface area contributed by atoms with Crippen LogP contribution in [-0.4, -0.2) is 40.1 Å². The highest BCUT2D eigenvalue weighted by atomic mass is 16.5. The summed E-state index contributed by atoms with van der Waals surface area (Å²) >= 11 is 0. The van der Waals surface area contributed by atoms with E-state index in [0.717, 1.165) is 25.3 Å². The fourth-order valence-corrected chi connectivity index (χ4v) is 1.92. The highest BCUT2D eigenvalue weighted by Gasteiger charge is 2.04. The standard InChI is InChI=1S/C16H27NO3/c1-4-17-14(2)15-7-5-8-16(13-15)20-12-11-19-10-6-9-18-3/h5,7-8,13-14,17H,4,6,9-12H2,1-3H3. The van der Waals surface area contributed by atoms with Crippen LogP contribution in [0.2, 0.25) is 0 Å². The van der Waals surface area contributed by atoms with Crippen molar-refractivity contribution in [1.82, 2.24) is 5.32 Å². The largest absolute Gasteiger partial charge is 0.491 e. The molecule has 1 unspecified atom stereocenters. The quantitative estimate of drug-likeness (QED) is 0.633. The summed E-state index contributed by atoms with van der Waals surface area (Å²) < 4.78 is 16.1. The van der Waals surface area contributed by atoms with E-state index in [0.29, 0.717) is 25.9 Å². The molecule has 0 saturated heterocycles. The molecule has 1 N–H and O–H groups in total. The Morgan fingerprint density at radius 1 is 1.15 bits per heavy atom. The van der Waals surface area contributed by atoms with Gasteiger partial charge in [0.15, 0.2) is 0 Å². The third kappa shape index (κ3) is 6.89. The Balaban J connectivity index is 2.25. The summed E-state index contributed by atoms with van der Waals surface area (Å²) in [5.74, 6) is 0.896. The van der Waals surface area contributed by atoms with Crippen LogP contribution in [0.5, 0.6) is 5.75 Å². The maximum Gasteiger partial charge on any atom is 0.119 e. The van der Waals surface area contributed by atoms with Crippen molar-refractivity contribution in [2.75, 3.05) is 40.1 Å². The van der Waals surface area contributed by atoms with Gasteiger partial charge in [0.1, 0.15) is 12.4 Å². The highest BCUT2D eigenvalue weighted by Crippen LogP contribution is 2.18. The van der Waals surface area contributed by atoms with Crippen molar-refractivity contribution < 1.29 is 14.2 Å². The number of nitrogens with one attached hydrogen (secondary N) is 1. The number of rotatable bonds is 11. The Kier molecular flexibility index (Phi) is 9.04. The molecule has 0 aliphatic rings. The van der Waals surface area contributed by atoms with Gasteiger partial charge in [-0.05, 0) is 37.6 Å². The molecule has 0 aliphatic heterocycles. The number of hydrogen-bond acceptors (Lipinski definition) is 4. The van der Waals surface area contributed by atoms with E-state index in [-0.39, 0.29) is 0 Å². The van der Waals surface area contributed by atoms with Gasteiger partial charge in [-0.1, -0.05) is 19.1 Å². The molecule has 0 aliphatic carbocycles. The molecule has 4 nitrogen and oxygen atoms in total. The highest BCUT2D eigenvalue weighted by molar-refractivity contribution is 5.30. The minimum absolute atomic E-state index is 0.342. The first-order valence-corrected chi connectivity index (χ1v) is 7.30. The van der Waals surface area contributed by atoms with E-state index in [9.17, 15) is 0 Å². The predicted molar refractivity (Wildman–Crippen MR) is 81.3 cm³/mol. The Morgan fingerprint density at radius 2 is 2.00 bits per heavy atom. The molecular weight excluding hydrogens is 254 g/mol. The summed E-state index contributed by atoms with van der Waals surface area (Å²) in [5, 5.41) is 3.39. The van der Waals surface area contributed by atoms with Gasteiger partial charge in [-0.3, -0.25) is 0 Å². The van der Waals surface area contributed by atoms with Crippen LogP contribution in [0.1, 0.15) is 31.9 Å². The van der Waals surface area contributed by atoms with Crippen LogP contribution in [0.4, 0.5) is 0 Å². The second-order valence-corrected chi connectivity index (χ2v) is 4.66. The van der Waals surface area contributed by atoms with Crippen LogP contribution in [0.15, 0.2) is 24.3 Å². The van der Waals surface area contributed by atoms with Crippen molar-refractivity contribution in [2.45, 2.75) is 26.3 Å². The minimum Gasteiger partial charge on any atom is -0.491 e. The van der Waals surface area contributed by atoms with E-state index in [1.54, 1.807) is 7.11 Å². The summed E-state index contributed by atoms with van der Waals surface area (Å²) in [7, 11) is 1.70. The summed E-state index contributed by atoms with van der Waals surface area (Å²) in [4.78, 5) is 0. The molecule has 114 valence electrons. The van der Waals surface area contributed by atoms with E-state index >= 15 is 0 Å². The van der Waals surface area contributed by atoms with Crippen molar-refractivity contribution in [3.8, 4) is 5.75 Å². The lowest BCUT2D eigenvalue weighted by Gasteiger charge is -2.14. The molecule has 20 heavy (non-hydrogen) atoms. The zero-order valence-corrected chi connectivity index (χ0v) is 12.9. The van der Waals surface area contributed by atoms with Gasteiger partial charge in [-0.25, -0.2) is 0 Å². The van der Waals surface area contributed by atoms with Gasteiger partial charge in [0, 0.05) is 26.4 Å². The van der Waals surface area contributed by atoms with E-state index < -0.39 is 0 Å². The first-order valence-electron chi connectivity index (χ1n) is 7.30. The Labute approximate surface area is 122 Å². The molecule has 1 aromatic carbocycles. The maximum absolute atomic E-state index is 5.70. The average molecular weight is 281 g/mol. The average Bonchev–Trinajstić information content (AvgIpc) is 2.47. The van der Waals surface area contributed by atoms with E-state index in [4.69, 9.17) is 14.2 Å². The molecule has 0 aromatic heterocycles. The molecule has 1 atom stereocenters. The third-order valence-electron chi connectivity index (χ3n) is 3.00. The molecule has 0 radical (unpaired) electrons. The molecule has 4 heteroatoms. The molecule has 0 fully saturated rings. The van der Waals surface area contributed by atoms with Gasteiger partial charge in [0.25, 0.3) is 0 Å². The SMILES string of the molecule is CCNC(C)c1cccc(OCCOCCCOC)c1. The molecule has 1 aromatic rings. The third-order valence-corrected chi connectivity index (χ3v) is 3.00. The second kappa shape index (κ2) is 10.7. The Hall–Kier alpha value is -1.10. The summed E-state index contributed by atoms with van der Waals surface area (Å²) in [6.07, 6.45) is 0.923. The van der Waals surface area contributed by atoms with Gasteiger partial charge >= 0.3 is 0 Å². The van der Waals surface area contributed by atoms with Crippen LogP contribution in [0.25, 0.3) is 0 Å². The van der Waals surface area contributed by atoms with E-state index in [1.807, 2.05) is 12.1 Å². The topological polar surface area (TPSA) is 39.7 Å². The van der Waals surface area contributed by atoms with Gasteiger partial charge in [0.05, 0.1) is 6.61 Å². The lowest BCUT2D eigenvalue weighted by molar-refractivity contribution is 0.0806. The monoisotopic (exact) mass is 281 g/mol. The van der Waals surface area contributed by atoms with Gasteiger partial charge < -0.3 is 19.5 Å². The Bertz CT molecular complexity index is 357. The van der Waals surface area contributed by atoms with Crippen LogP contribution in [-0.2, 0) is 9.47 Å². The number of benzene rings is 1. The van der Waals surface area contributed by atoms with Crippen molar-refractivity contribution in [1.29, 1.82) is 0 Å². The molecule has 0 spiro atoms. The summed E-state index contributed by atoms with van der Waals surface area (Å²) in [6, 6.07) is 8.54. The fraction of sp³-hybridized carbons (Fsp3) is 0.625. The zero-order chi connectivity index (χ0) is 14.6. The van der Waals surface area contributed by atoms with Gasteiger partial charge in [-0.15, -0.1) is 0 Å². The van der Waals surface area contributed by atoms with Crippen LogP contribution < -0.4 is 10.1 Å². The smallest absolute Gasteiger partial charge is 0.119 e. The zero-order valence-electron chi connectivity index (χ0n) is 12.9. The number of hydrogen-bond donors (Lipinski definition) is 1. The van der Waals surface area contributed by atoms with Crippen molar-refractivity contribution >= 4 is 0 Å². The Morgan fingerprint density at radius 3 is 2.75 bits per heavy atom. The van der Waals surface area contributed by atoms with Crippen molar-refractivity contribution in [3.63, 3.8) is 0 Å². The van der Waals surface area contributed by atoms with Crippen LogP contribution in [0.3, 0.4) is 0 Å².